The summed E-state index contributed by atoms with van der Waals surface area (Å²) in [6.45, 7) is 1.28. The molecule has 7 nitrogen and oxygen atoms in total. The fourth-order valence-electron chi connectivity index (χ4n) is 3.38. The first kappa shape index (κ1) is 17.3. The molecule has 1 saturated heterocycles. The molecule has 140 valence electrons. The second kappa shape index (κ2) is 7.65. The Bertz CT molecular complexity index is 886. The summed E-state index contributed by atoms with van der Waals surface area (Å²) in [6, 6.07) is 7.89. The molecular formula is C20H21N3O4. The van der Waals surface area contributed by atoms with Crippen LogP contribution in [-0.4, -0.2) is 41.0 Å². The van der Waals surface area contributed by atoms with Crippen LogP contribution in [0, 0.1) is 0 Å². The number of benzene rings is 1. The molecule has 1 aliphatic heterocycles. The maximum atomic E-state index is 12.5. The average molecular weight is 367 g/mol. The van der Waals surface area contributed by atoms with Gasteiger partial charge < -0.3 is 18.5 Å². The Morgan fingerprint density at radius 1 is 1.30 bits per heavy atom. The van der Waals surface area contributed by atoms with E-state index in [-0.39, 0.29) is 17.6 Å². The van der Waals surface area contributed by atoms with Crippen molar-refractivity contribution in [2.75, 3.05) is 20.2 Å². The van der Waals surface area contributed by atoms with Gasteiger partial charge in [-0.15, -0.1) is 0 Å². The molecule has 0 spiro atoms. The van der Waals surface area contributed by atoms with Gasteiger partial charge in [0, 0.05) is 19.5 Å². The number of oxazole rings is 2. The molecule has 1 fully saturated rings. The van der Waals surface area contributed by atoms with Crippen LogP contribution < -0.4 is 4.74 Å². The van der Waals surface area contributed by atoms with E-state index in [1.807, 2.05) is 24.3 Å². The van der Waals surface area contributed by atoms with Crippen LogP contribution >= 0.6 is 0 Å². The number of nitrogens with zero attached hydrogens (tertiary/aromatic N) is 3. The molecule has 0 N–H and O–H groups in total. The molecule has 7 heteroatoms. The van der Waals surface area contributed by atoms with Crippen LogP contribution in [0.5, 0.6) is 5.75 Å². The summed E-state index contributed by atoms with van der Waals surface area (Å²) in [5, 5.41) is 0. The van der Waals surface area contributed by atoms with Crippen molar-refractivity contribution in [1.29, 1.82) is 0 Å². The highest BCUT2D eigenvalue weighted by Crippen LogP contribution is 2.28. The largest absolute Gasteiger partial charge is 0.497 e. The first-order valence-electron chi connectivity index (χ1n) is 8.98. The molecule has 27 heavy (non-hydrogen) atoms. The van der Waals surface area contributed by atoms with Gasteiger partial charge >= 0.3 is 0 Å². The standard InChI is InChI=1S/C20H21N3O4/c1-25-16-6-4-14(5-7-16)9-17-10-22-19(27-17)15-3-2-8-23(12-15)20(24)18-11-21-13-26-18/h4-7,10-11,13,15H,2-3,8-9,12H2,1H3/t15-/m1/s1. The zero-order valence-corrected chi connectivity index (χ0v) is 15.1. The average Bonchev–Trinajstić information content (AvgIpc) is 3.40. The summed E-state index contributed by atoms with van der Waals surface area (Å²) < 4.78 is 16.3. The number of piperidine rings is 1. The lowest BCUT2D eigenvalue weighted by molar-refractivity contribution is 0.0666. The smallest absolute Gasteiger partial charge is 0.291 e. The summed E-state index contributed by atoms with van der Waals surface area (Å²) in [4.78, 5) is 22.5. The zero-order valence-electron chi connectivity index (χ0n) is 15.1. The van der Waals surface area contributed by atoms with Gasteiger partial charge in [-0.25, -0.2) is 9.97 Å². The summed E-state index contributed by atoms with van der Waals surface area (Å²) in [6.07, 6.45) is 7.02. The molecular weight excluding hydrogens is 346 g/mol. The molecule has 1 aromatic carbocycles. The van der Waals surface area contributed by atoms with E-state index in [0.29, 0.717) is 25.4 Å². The van der Waals surface area contributed by atoms with E-state index in [1.165, 1.54) is 12.6 Å². The molecule has 1 aliphatic rings. The second-order valence-electron chi connectivity index (χ2n) is 6.65. The van der Waals surface area contributed by atoms with E-state index >= 15 is 0 Å². The Kier molecular flexibility index (Phi) is 4.91. The van der Waals surface area contributed by atoms with Crippen molar-refractivity contribution in [3.05, 3.63) is 66.0 Å². The fourth-order valence-corrected chi connectivity index (χ4v) is 3.38. The van der Waals surface area contributed by atoms with Crippen LogP contribution in [-0.2, 0) is 6.42 Å². The van der Waals surface area contributed by atoms with Crippen molar-refractivity contribution in [2.45, 2.75) is 25.2 Å². The highest BCUT2D eigenvalue weighted by atomic mass is 16.5. The third-order valence-electron chi connectivity index (χ3n) is 4.81. The lowest BCUT2D eigenvalue weighted by Gasteiger charge is -2.30. The number of methoxy groups -OCH3 is 1. The third kappa shape index (κ3) is 3.86. The Hall–Kier alpha value is -3.09. The van der Waals surface area contributed by atoms with Crippen molar-refractivity contribution in [2.24, 2.45) is 0 Å². The highest BCUT2D eigenvalue weighted by molar-refractivity contribution is 5.91. The van der Waals surface area contributed by atoms with Crippen molar-refractivity contribution < 1.29 is 18.4 Å². The molecule has 1 atom stereocenters. The Morgan fingerprint density at radius 2 is 2.15 bits per heavy atom. The maximum absolute atomic E-state index is 12.5. The van der Waals surface area contributed by atoms with E-state index in [1.54, 1.807) is 18.2 Å². The number of likely N-dealkylation sites (tertiary alicyclic amines) is 1. The maximum Gasteiger partial charge on any atom is 0.291 e. The summed E-state index contributed by atoms with van der Waals surface area (Å²) in [5.74, 6) is 2.55. The number of hydrogen-bond acceptors (Lipinski definition) is 6. The minimum absolute atomic E-state index is 0.0928. The molecule has 0 radical (unpaired) electrons. The first-order chi connectivity index (χ1) is 13.2. The Labute approximate surface area is 157 Å². The van der Waals surface area contributed by atoms with Gasteiger partial charge in [0.2, 0.25) is 5.76 Å². The molecule has 3 aromatic rings. The Balaban J connectivity index is 1.42. The summed E-state index contributed by atoms with van der Waals surface area (Å²) >= 11 is 0. The van der Waals surface area contributed by atoms with E-state index < -0.39 is 0 Å². The zero-order chi connectivity index (χ0) is 18.6. The number of ether oxygens (including phenoxy) is 1. The second-order valence-corrected chi connectivity index (χ2v) is 6.65. The first-order valence-corrected chi connectivity index (χ1v) is 8.98. The van der Waals surface area contributed by atoms with Gasteiger partial charge in [-0.2, -0.15) is 0 Å². The molecule has 4 rings (SSSR count). The van der Waals surface area contributed by atoms with Gasteiger partial charge in [-0.05, 0) is 30.5 Å². The topological polar surface area (TPSA) is 81.6 Å². The molecule has 2 aromatic heterocycles. The van der Waals surface area contributed by atoms with Crippen LogP contribution in [0.15, 0.2) is 51.9 Å². The van der Waals surface area contributed by atoms with E-state index in [0.717, 1.165) is 29.9 Å². The van der Waals surface area contributed by atoms with Crippen LogP contribution in [0.1, 0.15) is 46.5 Å². The van der Waals surface area contributed by atoms with E-state index in [4.69, 9.17) is 13.6 Å². The van der Waals surface area contributed by atoms with Gasteiger partial charge in [-0.3, -0.25) is 4.79 Å². The highest BCUT2D eigenvalue weighted by Gasteiger charge is 2.29. The Morgan fingerprint density at radius 3 is 2.89 bits per heavy atom. The number of carbonyl (C=O) groups excluding carboxylic acids is 1. The van der Waals surface area contributed by atoms with Crippen molar-refractivity contribution in [3.63, 3.8) is 0 Å². The lowest BCUT2D eigenvalue weighted by Crippen LogP contribution is -2.39. The minimum atomic E-state index is -0.137. The predicted molar refractivity (Wildman–Crippen MR) is 96.7 cm³/mol. The number of hydrogen-bond donors (Lipinski definition) is 0. The molecule has 1 amide bonds. The van der Waals surface area contributed by atoms with Crippen LogP contribution in [0.3, 0.4) is 0 Å². The van der Waals surface area contributed by atoms with E-state index in [2.05, 4.69) is 9.97 Å². The van der Waals surface area contributed by atoms with Gasteiger partial charge in [0.1, 0.15) is 11.5 Å². The number of amides is 1. The minimum Gasteiger partial charge on any atom is -0.497 e. The number of carbonyl (C=O) groups is 1. The van der Waals surface area contributed by atoms with Crippen LogP contribution in [0.4, 0.5) is 0 Å². The predicted octanol–water partition coefficient (Wildman–Crippen LogP) is 3.28. The molecule has 0 saturated carbocycles. The number of rotatable bonds is 5. The van der Waals surface area contributed by atoms with Crippen molar-refractivity contribution >= 4 is 5.91 Å². The van der Waals surface area contributed by atoms with Crippen LogP contribution in [0.25, 0.3) is 0 Å². The van der Waals surface area contributed by atoms with Gasteiger partial charge in [-0.1, -0.05) is 12.1 Å². The van der Waals surface area contributed by atoms with Crippen LogP contribution in [0.2, 0.25) is 0 Å². The van der Waals surface area contributed by atoms with Crippen molar-refractivity contribution in [3.8, 4) is 5.75 Å². The molecule has 0 aliphatic carbocycles. The van der Waals surface area contributed by atoms with Gasteiger partial charge in [0.25, 0.3) is 5.91 Å². The summed E-state index contributed by atoms with van der Waals surface area (Å²) in [7, 11) is 1.65. The quantitative estimate of drug-likeness (QED) is 0.688. The normalized spacial score (nSPS) is 17.1. The lowest BCUT2D eigenvalue weighted by atomic mass is 9.98. The fraction of sp³-hybridized carbons (Fsp3) is 0.350. The molecule has 0 bridgehead atoms. The summed E-state index contributed by atoms with van der Waals surface area (Å²) in [5.41, 5.74) is 1.13. The van der Waals surface area contributed by atoms with Gasteiger partial charge in [0.05, 0.1) is 25.4 Å². The van der Waals surface area contributed by atoms with Gasteiger partial charge in [0.15, 0.2) is 12.3 Å². The monoisotopic (exact) mass is 367 g/mol. The van der Waals surface area contributed by atoms with Crippen molar-refractivity contribution in [1.82, 2.24) is 14.9 Å². The SMILES string of the molecule is COc1ccc(Cc2cnc([C@@H]3CCCN(C(=O)c4cnco4)C3)o2)cc1. The third-order valence-corrected chi connectivity index (χ3v) is 4.81. The number of aromatic nitrogens is 2. The molecule has 3 heterocycles. The molecule has 0 unspecified atom stereocenters. The van der Waals surface area contributed by atoms with E-state index in [9.17, 15) is 4.79 Å².